The summed E-state index contributed by atoms with van der Waals surface area (Å²) in [7, 11) is 0. The lowest BCUT2D eigenvalue weighted by Gasteiger charge is -2.06. The van der Waals surface area contributed by atoms with Crippen LogP contribution in [0.3, 0.4) is 0 Å². The lowest BCUT2D eigenvalue weighted by molar-refractivity contribution is 1.04. The molecule has 0 radical (unpaired) electrons. The van der Waals surface area contributed by atoms with Crippen LogP contribution in [0.1, 0.15) is 22.5 Å². The summed E-state index contributed by atoms with van der Waals surface area (Å²) < 4.78 is 0. The molecule has 0 spiro atoms. The van der Waals surface area contributed by atoms with Crippen LogP contribution in [0.25, 0.3) is 0 Å². The Hall–Kier alpha value is -0.270. The van der Waals surface area contributed by atoms with E-state index in [4.69, 9.17) is 23.2 Å². The van der Waals surface area contributed by atoms with E-state index in [9.17, 15) is 0 Å². The van der Waals surface area contributed by atoms with Crippen molar-refractivity contribution in [3.63, 3.8) is 0 Å². The van der Waals surface area contributed by atoms with E-state index < -0.39 is 0 Å². The molecule has 1 nitrogen and oxygen atoms in total. The molecule has 66 valence electrons. The van der Waals surface area contributed by atoms with E-state index in [1.165, 1.54) is 0 Å². The molecule has 0 aliphatic heterocycles. The number of hydrogen-bond donors (Lipinski definition) is 0. The first kappa shape index (κ1) is 9.82. The number of pyridine rings is 1. The smallest absolute Gasteiger partial charge is 0.0492 e. The average Bonchev–Trinajstić information content (AvgIpc) is 2.05. The Labute approximate surface area is 82.7 Å². The third-order valence-corrected chi connectivity index (χ3v) is 2.48. The fourth-order valence-electron chi connectivity index (χ4n) is 1.08. The molecule has 0 bridgehead atoms. The van der Waals surface area contributed by atoms with Crippen LogP contribution in [-0.2, 0) is 11.8 Å². The first-order valence-corrected chi connectivity index (χ1v) is 4.84. The fourth-order valence-corrected chi connectivity index (χ4v) is 1.63. The molecule has 1 heterocycles. The highest BCUT2D eigenvalue weighted by atomic mass is 35.5. The second-order valence-electron chi connectivity index (χ2n) is 2.74. The molecule has 0 N–H and O–H groups in total. The van der Waals surface area contributed by atoms with Crippen LogP contribution in [0.2, 0.25) is 0 Å². The number of halogens is 2. The largest absolute Gasteiger partial charge is 0.258 e. The molecule has 0 unspecified atom stereocenters. The highest BCUT2D eigenvalue weighted by molar-refractivity contribution is 6.17. The average molecular weight is 204 g/mol. The molecule has 0 aliphatic carbocycles. The molecule has 1 aromatic rings. The zero-order valence-corrected chi connectivity index (χ0v) is 8.71. The third kappa shape index (κ3) is 1.90. The lowest BCUT2D eigenvalue weighted by Crippen LogP contribution is -1.97. The van der Waals surface area contributed by atoms with Gasteiger partial charge in [0.25, 0.3) is 0 Å². The molecule has 3 heteroatoms. The minimum absolute atomic E-state index is 0.503. The molecule has 0 atom stereocenters. The van der Waals surface area contributed by atoms with Gasteiger partial charge in [-0.3, -0.25) is 4.98 Å². The molecular formula is C9H11Cl2N. The van der Waals surface area contributed by atoms with Crippen molar-refractivity contribution < 1.29 is 0 Å². The van der Waals surface area contributed by atoms with Crippen molar-refractivity contribution in [2.24, 2.45) is 0 Å². The Morgan fingerprint density at radius 3 is 1.83 bits per heavy atom. The molecule has 0 saturated heterocycles. The van der Waals surface area contributed by atoms with E-state index in [2.05, 4.69) is 4.98 Å². The maximum atomic E-state index is 5.73. The maximum Gasteiger partial charge on any atom is 0.0492 e. The van der Waals surface area contributed by atoms with Crippen molar-refractivity contribution in [3.8, 4) is 0 Å². The third-order valence-electron chi connectivity index (χ3n) is 1.90. The zero-order chi connectivity index (χ0) is 9.14. The van der Waals surface area contributed by atoms with Gasteiger partial charge in [-0.25, -0.2) is 0 Å². The van der Waals surface area contributed by atoms with Gasteiger partial charge in [-0.2, -0.15) is 0 Å². The zero-order valence-electron chi connectivity index (χ0n) is 7.19. The summed E-state index contributed by atoms with van der Waals surface area (Å²) in [6, 6.07) is 2.03. The van der Waals surface area contributed by atoms with Crippen LogP contribution >= 0.6 is 23.2 Å². The first-order chi connectivity index (χ1) is 5.69. The Morgan fingerprint density at radius 2 is 1.50 bits per heavy atom. The van der Waals surface area contributed by atoms with Gasteiger partial charge in [-0.1, -0.05) is 0 Å². The molecule has 0 saturated carbocycles. The standard InChI is InChI=1S/C9H11Cl2N/c1-6-8(4-10)3-9(5-11)7(2)12-6/h3H,4-5H2,1-2H3. The van der Waals surface area contributed by atoms with Gasteiger partial charge in [0, 0.05) is 23.1 Å². The highest BCUT2D eigenvalue weighted by Crippen LogP contribution is 2.15. The van der Waals surface area contributed by atoms with Crippen molar-refractivity contribution in [2.45, 2.75) is 25.6 Å². The monoisotopic (exact) mass is 203 g/mol. The first-order valence-electron chi connectivity index (χ1n) is 3.77. The Kier molecular flexibility index (Phi) is 3.36. The van der Waals surface area contributed by atoms with Crippen LogP contribution in [0.15, 0.2) is 6.07 Å². The molecule has 0 amide bonds. The van der Waals surface area contributed by atoms with Crippen LogP contribution in [-0.4, -0.2) is 4.98 Å². The van der Waals surface area contributed by atoms with E-state index in [0.29, 0.717) is 11.8 Å². The topological polar surface area (TPSA) is 12.9 Å². The number of aromatic nitrogens is 1. The molecule has 1 aromatic heterocycles. The van der Waals surface area contributed by atoms with E-state index >= 15 is 0 Å². The quantitative estimate of drug-likeness (QED) is 0.674. The van der Waals surface area contributed by atoms with Crippen molar-refractivity contribution in [3.05, 3.63) is 28.6 Å². The minimum atomic E-state index is 0.503. The van der Waals surface area contributed by atoms with Crippen LogP contribution in [0.4, 0.5) is 0 Å². The summed E-state index contributed by atoms with van der Waals surface area (Å²) >= 11 is 11.5. The second kappa shape index (κ2) is 4.11. The van der Waals surface area contributed by atoms with Crippen molar-refractivity contribution in [1.29, 1.82) is 0 Å². The molecule has 12 heavy (non-hydrogen) atoms. The van der Waals surface area contributed by atoms with Gasteiger partial charge in [-0.05, 0) is 31.0 Å². The summed E-state index contributed by atoms with van der Waals surface area (Å²) in [4.78, 5) is 4.35. The van der Waals surface area contributed by atoms with Crippen LogP contribution in [0, 0.1) is 13.8 Å². The molecule has 0 aromatic carbocycles. The minimum Gasteiger partial charge on any atom is -0.258 e. The molecule has 0 aliphatic rings. The highest BCUT2D eigenvalue weighted by Gasteiger charge is 2.03. The van der Waals surface area contributed by atoms with Crippen LogP contribution in [0.5, 0.6) is 0 Å². The summed E-state index contributed by atoms with van der Waals surface area (Å²) in [5, 5.41) is 0. The number of rotatable bonds is 2. The van der Waals surface area contributed by atoms with Gasteiger partial charge in [0.1, 0.15) is 0 Å². The normalized spacial score (nSPS) is 10.3. The summed E-state index contributed by atoms with van der Waals surface area (Å²) in [5.74, 6) is 1.01. The number of alkyl halides is 2. The van der Waals surface area contributed by atoms with Gasteiger partial charge in [-0.15, -0.1) is 23.2 Å². The maximum absolute atomic E-state index is 5.73. The lowest BCUT2D eigenvalue weighted by atomic mass is 10.1. The van der Waals surface area contributed by atoms with Crippen molar-refractivity contribution in [1.82, 2.24) is 4.98 Å². The molecule has 1 rings (SSSR count). The van der Waals surface area contributed by atoms with E-state index in [1.54, 1.807) is 0 Å². The fraction of sp³-hybridized carbons (Fsp3) is 0.444. The van der Waals surface area contributed by atoms with Gasteiger partial charge in [0.2, 0.25) is 0 Å². The second-order valence-corrected chi connectivity index (χ2v) is 3.28. The molecule has 0 fully saturated rings. The predicted molar refractivity (Wildman–Crippen MR) is 52.8 cm³/mol. The van der Waals surface area contributed by atoms with E-state index in [0.717, 1.165) is 22.5 Å². The summed E-state index contributed by atoms with van der Waals surface area (Å²) in [6.07, 6.45) is 0. The van der Waals surface area contributed by atoms with Crippen LogP contribution < -0.4 is 0 Å². The van der Waals surface area contributed by atoms with Gasteiger partial charge < -0.3 is 0 Å². The van der Waals surface area contributed by atoms with Crippen molar-refractivity contribution in [2.75, 3.05) is 0 Å². The molecular weight excluding hydrogens is 193 g/mol. The Morgan fingerprint density at radius 1 is 1.08 bits per heavy atom. The number of hydrogen-bond acceptors (Lipinski definition) is 1. The van der Waals surface area contributed by atoms with Gasteiger partial charge in [0.05, 0.1) is 0 Å². The predicted octanol–water partition coefficient (Wildman–Crippen LogP) is 3.18. The number of aryl methyl sites for hydroxylation is 2. The van der Waals surface area contributed by atoms with E-state index in [1.807, 2.05) is 19.9 Å². The van der Waals surface area contributed by atoms with E-state index in [-0.39, 0.29) is 0 Å². The SMILES string of the molecule is Cc1nc(C)c(CCl)cc1CCl. The number of nitrogens with zero attached hydrogens (tertiary/aromatic N) is 1. The summed E-state index contributed by atoms with van der Waals surface area (Å²) in [6.45, 7) is 3.92. The van der Waals surface area contributed by atoms with Gasteiger partial charge in [0.15, 0.2) is 0 Å². The Balaban J connectivity index is 3.18. The van der Waals surface area contributed by atoms with Gasteiger partial charge >= 0.3 is 0 Å². The Bertz CT molecular complexity index is 259. The summed E-state index contributed by atoms with van der Waals surface area (Å²) in [5.41, 5.74) is 4.13. The van der Waals surface area contributed by atoms with Crippen molar-refractivity contribution >= 4 is 23.2 Å².